The van der Waals surface area contributed by atoms with Crippen LogP contribution < -0.4 is 0 Å². The third-order valence-corrected chi connectivity index (χ3v) is 6.47. The van der Waals surface area contributed by atoms with Gasteiger partial charge in [-0.15, -0.1) is 0 Å². The van der Waals surface area contributed by atoms with Crippen molar-refractivity contribution in [2.75, 3.05) is 0 Å². The molecule has 1 amide bonds. The van der Waals surface area contributed by atoms with Gasteiger partial charge in [0.2, 0.25) is 5.91 Å². The highest BCUT2D eigenvalue weighted by Crippen LogP contribution is 2.27. The van der Waals surface area contributed by atoms with Crippen LogP contribution >= 0.6 is 11.6 Å². The summed E-state index contributed by atoms with van der Waals surface area (Å²) in [5, 5.41) is 19.6. The van der Waals surface area contributed by atoms with E-state index in [2.05, 4.69) is 10.4 Å². The van der Waals surface area contributed by atoms with Crippen LogP contribution in [0.2, 0.25) is 5.02 Å². The normalized spacial score (nSPS) is 12.5. The van der Waals surface area contributed by atoms with Gasteiger partial charge in [0.15, 0.2) is 0 Å². The molecule has 0 saturated carbocycles. The second-order valence-corrected chi connectivity index (χ2v) is 9.53. The van der Waals surface area contributed by atoms with Crippen molar-refractivity contribution < 1.29 is 14.1 Å². The number of carbonyl (C=O) groups is 1. The third kappa shape index (κ3) is 6.64. The Morgan fingerprint density at radius 1 is 1.16 bits per heavy atom. The number of nitrogens with zero attached hydrogens (tertiary/aromatic N) is 2. The Morgan fingerprint density at radius 3 is 2.19 bits per heavy atom. The summed E-state index contributed by atoms with van der Waals surface area (Å²) in [6, 6.07) is 10.5. The van der Waals surface area contributed by atoms with E-state index in [1.165, 1.54) is 12.1 Å². The highest BCUT2D eigenvalue weighted by molar-refractivity contribution is 7.75. The summed E-state index contributed by atoms with van der Waals surface area (Å²) in [5.74, 6) is -0.500. The lowest BCUT2D eigenvalue weighted by Crippen LogP contribution is -2.15. The largest absolute Gasteiger partial charge is 0.439 e. The molecule has 0 aliphatic heterocycles. The Balaban J connectivity index is 2.38. The zero-order valence-electron chi connectivity index (χ0n) is 18.4. The van der Waals surface area contributed by atoms with Gasteiger partial charge in [0.1, 0.15) is 0 Å². The summed E-state index contributed by atoms with van der Waals surface area (Å²) in [7, 11) is -1.95. The van der Waals surface area contributed by atoms with Gasteiger partial charge in [0.05, 0.1) is 23.7 Å². The SMILES string of the molecule is CCCc1cc(C#N)cc(CCC)c1CC(=O)N=[S-](=O)c1ccc(C(C)(C)O)cc1Cl. The first-order valence-corrected chi connectivity index (χ1v) is 11.8. The molecule has 0 atom stereocenters. The van der Waals surface area contributed by atoms with Crippen LogP contribution in [-0.4, -0.2) is 11.0 Å². The van der Waals surface area contributed by atoms with Crippen molar-refractivity contribution in [3.63, 3.8) is 0 Å². The number of rotatable bonds is 8. The maximum absolute atomic E-state index is 12.7. The van der Waals surface area contributed by atoms with E-state index in [4.69, 9.17) is 11.6 Å². The van der Waals surface area contributed by atoms with Crippen molar-refractivity contribution in [2.24, 2.45) is 4.36 Å². The van der Waals surface area contributed by atoms with Crippen LogP contribution in [0, 0.1) is 11.3 Å². The van der Waals surface area contributed by atoms with Crippen LogP contribution in [0.25, 0.3) is 0 Å². The number of carbonyl (C=O) groups excluding carboxylic acids is 1. The topological polar surface area (TPSA) is 90.5 Å². The molecule has 2 aromatic rings. The molecule has 0 heterocycles. The smallest absolute Gasteiger partial charge is 0.227 e. The number of aryl methyl sites for hydroxylation is 2. The number of hydrogen-bond donors (Lipinski definition) is 1. The Bertz CT molecular complexity index is 1060. The maximum atomic E-state index is 12.7. The number of nitriles is 1. The zero-order valence-corrected chi connectivity index (χ0v) is 19.9. The summed E-state index contributed by atoms with van der Waals surface area (Å²) >= 11 is 6.23. The number of amides is 1. The molecule has 31 heavy (non-hydrogen) atoms. The monoisotopic (exact) mass is 459 g/mol. The van der Waals surface area contributed by atoms with Crippen LogP contribution in [0.5, 0.6) is 0 Å². The van der Waals surface area contributed by atoms with Crippen molar-refractivity contribution >= 4 is 28.1 Å². The lowest BCUT2D eigenvalue weighted by atomic mass is 9.91. The van der Waals surface area contributed by atoms with Gasteiger partial charge in [-0.2, -0.15) is 15.9 Å². The molecule has 5 nitrogen and oxygen atoms in total. The number of aliphatic hydroxyl groups is 1. The predicted molar refractivity (Wildman–Crippen MR) is 123 cm³/mol. The van der Waals surface area contributed by atoms with Crippen molar-refractivity contribution in [1.29, 1.82) is 5.26 Å². The third-order valence-electron chi connectivity index (χ3n) is 4.94. The Hall–Kier alpha value is -2.20. The second-order valence-electron chi connectivity index (χ2n) is 8.00. The van der Waals surface area contributed by atoms with Crippen LogP contribution in [0.1, 0.15) is 68.4 Å². The minimum atomic E-state index is -1.95. The van der Waals surface area contributed by atoms with Gasteiger partial charge in [-0.25, -0.2) is 0 Å². The van der Waals surface area contributed by atoms with Crippen LogP contribution in [0.4, 0.5) is 0 Å². The Labute approximate surface area is 191 Å². The standard InChI is InChI=1S/C24H28ClN2O3S/c1-5-7-17-11-16(15-26)12-18(8-6-2)20(17)14-23(28)27-31(30)22-10-9-19(13-21(22)25)24(3,4)29/h9-13,29H,5-8,14H2,1-4H3/q-1. The first-order chi connectivity index (χ1) is 14.6. The molecule has 2 aromatic carbocycles. The van der Waals surface area contributed by atoms with Gasteiger partial charge < -0.3 is 13.7 Å². The summed E-state index contributed by atoms with van der Waals surface area (Å²) < 4.78 is 16.5. The van der Waals surface area contributed by atoms with E-state index in [0.29, 0.717) is 11.1 Å². The zero-order chi connectivity index (χ0) is 23.2. The van der Waals surface area contributed by atoms with E-state index in [0.717, 1.165) is 42.4 Å². The fourth-order valence-corrected chi connectivity index (χ4v) is 4.56. The number of halogens is 1. The molecule has 0 radical (unpaired) electrons. The fraction of sp³-hybridized carbons (Fsp3) is 0.417. The molecule has 0 aromatic heterocycles. The average molecular weight is 460 g/mol. The van der Waals surface area contributed by atoms with Crippen molar-refractivity contribution in [1.82, 2.24) is 0 Å². The molecule has 0 spiro atoms. The molecule has 7 heteroatoms. The predicted octanol–water partition coefficient (Wildman–Crippen LogP) is 5.62. The highest BCUT2D eigenvalue weighted by atomic mass is 35.5. The summed E-state index contributed by atoms with van der Waals surface area (Å²) in [5.41, 5.74) is 2.88. The van der Waals surface area contributed by atoms with Crippen molar-refractivity contribution in [3.8, 4) is 6.07 Å². The van der Waals surface area contributed by atoms with Gasteiger partial charge in [-0.1, -0.05) is 55.3 Å². The Kier molecular flexibility index (Phi) is 8.81. The number of hydrogen-bond acceptors (Lipinski definition) is 5. The second kappa shape index (κ2) is 10.9. The molecule has 0 aliphatic carbocycles. The minimum Gasteiger partial charge on any atom is -0.439 e. The number of benzene rings is 2. The quantitative estimate of drug-likeness (QED) is 0.518. The lowest BCUT2D eigenvalue weighted by Gasteiger charge is -2.19. The highest BCUT2D eigenvalue weighted by Gasteiger charge is 2.16. The molecule has 2 rings (SSSR count). The van der Waals surface area contributed by atoms with Gasteiger partial charge in [0, 0.05) is 5.02 Å². The van der Waals surface area contributed by atoms with E-state index in [9.17, 15) is 19.4 Å². The van der Waals surface area contributed by atoms with E-state index in [-0.39, 0.29) is 16.3 Å². The molecule has 0 saturated heterocycles. The van der Waals surface area contributed by atoms with Gasteiger partial charge in [-0.3, -0.25) is 4.79 Å². The van der Waals surface area contributed by atoms with E-state index < -0.39 is 22.1 Å². The van der Waals surface area contributed by atoms with Gasteiger partial charge in [0.25, 0.3) is 0 Å². The van der Waals surface area contributed by atoms with Crippen molar-refractivity contribution in [2.45, 2.75) is 70.3 Å². The van der Waals surface area contributed by atoms with E-state index in [1.807, 2.05) is 26.0 Å². The van der Waals surface area contributed by atoms with Gasteiger partial charge >= 0.3 is 0 Å². The first-order valence-electron chi connectivity index (χ1n) is 10.3. The van der Waals surface area contributed by atoms with Gasteiger partial charge in [-0.05, 0) is 67.1 Å². The summed E-state index contributed by atoms with van der Waals surface area (Å²) in [4.78, 5) is 12.9. The molecule has 0 bridgehead atoms. The molecular weight excluding hydrogens is 432 g/mol. The van der Waals surface area contributed by atoms with Crippen LogP contribution in [0.15, 0.2) is 39.6 Å². The minimum absolute atomic E-state index is 0.0293. The van der Waals surface area contributed by atoms with E-state index >= 15 is 0 Å². The molecule has 0 fully saturated rings. The molecular formula is C24H28ClN2O3S-. The molecule has 0 aliphatic rings. The Morgan fingerprint density at radius 2 is 1.74 bits per heavy atom. The fourth-order valence-electron chi connectivity index (χ4n) is 3.42. The molecule has 1 N–H and O–H groups in total. The molecule has 0 unspecified atom stereocenters. The summed E-state index contributed by atoms with van der Waals surface area (Å²) in [6.07, 6.45) is 3.30. The summed E-state index contributed by atoms with van der Waals surface area (Å²) in [6.45, 7) is 7.34. The molecule has 166 valence electrons. The lowest BCUT2D eigenvalue weighted by molar-refractivity contribution is -0.117. The van der Waals surface area contributed by atoms with Crippen LogP contribution in [0.3, 0.4) is 0 Å². The maximum Gasteiger partial charge on any atom is 0.227 e. The van der Waals surface area contributed by atoms with Crippen molar-refractivity contribution in [3.05, 3.63) is 63.2 Å². The van der Waals surface area contributed by atoms with E-state index in [1.54, 1.807) is 19.9 Å². The first kappa shape index (κ1) is 25.1. The average Bonchev–Trinajstić information content (AvgIpc) is 2.69. The van der Waals surface area contributed by atoms with Crippen LogP contribution in [-0.2, 0) is 44.5 Å².